The molecule has 0 nitrogen and oxygen atoms in total. The van der Waals surface area contributed by atoms with E-state index in [1.165, 1.54) is 197 Å². The molecule has 18 aromatic carbocycles. The van der Waals surface area contributed by atoms with Crippen molar-refractivity contribution >= 4 is 86.2 Å². The fourth-order valence-corrected chi connectivity index (χ4v) is 17.1. The second-order valence-corrected chi connectivity index (χ2v) is 28.2. The predicted molar refractivity (Wildman–Crippen MR) is 421 cm³/mol. The maximum Gasteiger partial charge on any atom is 0.0159 e. The van der Waals surface area contributed by atoms with Gasteiger partial charge < -0.3 is 0 Å². The van der Waals surface area contributed by atoms with Crippen LogP contribution in [-0.4, -0.2) is 0 Å². The van der Waals surface area contributed by atoms with Gasteiger partial charge in [-0.15, -0.1) is 0 Å². The van der Waals surface area contributed by atoms with Gasteiger partial charge in [0.25, 0.3) is 0 Å². The lowest BCUT2D eigenvalue weighted by atomic mass is 9.79. The number of fused-ring (bicyclic) bond motifs is 14. The minimum atomic E-state index is -0.0798. The van der Waals surface area contributed by atoms with Crippen LogP contribution < -0.4 is 0 Å². The zero-order valence-electron chi connectivity index (χ0n) is 55.3. The van der Waals surface area contributed by atoms with Crippen molar-refractivity contribution in [2.75, 3.05) is 0 Å². The molecule has 0 amide bonds. The van der Waals surface area contributed by atoms with Crippen molar-refractivity contribution in [3.05, 3.63) is 362 Å². The van der Waals surface area contributed by atoms with Crippen LogP contribution in [0, 0.1) is 0 Å². The zero-order chi connectivity index (χ0) is 65.4. The minimum absolute atomic E-state index is 0.0739. The topological polar surface area (TPSA) is 0 Å². The lowest BCUT2D eigenvalue weighted by Gasteiger charge is -2.24. The summed E-state index contributed by atoms with van der Waals surface area (Å²) >= 11 is 0. The van der Waals surface area contributed by atoms with E-state index in [2.05, 4.69) is 367 Å². The Morgan fingerprint density at radius 2 is 0.439 bits per heavy atom. The van der Waals surface area contributed by atoms with Crippen LogP contribution in [0.2, 0.25) is 0 Å². The molecule has 0 saturated heterocycles. The maximum atomic E-state index is 2.52. The van der Waals surface area contributed by atoms with Crippen LogP contribution in [0.15, 0.2) is 340 Å². The molecule has 0 N–H and O–H groups in total. The Balaban J connectivity index is 0.000000141. The normalized spacial score (nSPS) is 13.3. The third kappa shape index (κ3) is 9.12. The van der Waals surface area contributed by atoms with Crippen molar-refractivity contribution in [2.45, 2.75) is 38.5 Å². The van der Waals surface area contributed by atoms with Crippen LogP contribution in [0.25, 0.3) is 175 Å². The van der Waals surface area contributed by atoms with Crippen molar-refractivity contribution < 1.29 is 0 Å². The first-order valence-corrected chi connectivity index (χ1v) is 34.5. The largest absolute Gasteiger partial charge is 0.0619 e. The van der Waals surface area contributed by atoms with Gasteiger partial charge in [-0.05, 0) is 246 Å². The van der Waals surface area contributed by atoms with E-state index < -0.39 is 0 Å². The number of benzene rings is 18. The highest BCUT2D eigenvalue weighted by Gasteiger charge is 2.38. The monoisotopic (exact) mass is 1240 g/mol. The lowest BCUT2D eigenvalue weighted by molar-refractivity contribution is 0.660. The highest BCUT2D eigenvalue weighted by Crippen LogP contribution is 2.55. The Morgan fingerprint density at radius 3 is 0.939 bits per heavy atom. The molecule has 0 aromatic heterocycles. The standard InChI is InChI=1S/C55H38.C43H30/c1-55(2)51-18-10-9-15-45(51)46-29-28-44(34-52(46)55)54-48-17-8-7-16-47(48)53(38-23-19-37(20-24-38)41-25-21-35-11-3-5-13-39(35)31-41)50-33-43(27-30-49(50)54)42-26-22-36-12-4-6-14-40(36)32-42;1-43(2)39-18-10-9-15-33(39)36-25-37-38(26-40(36)43)42(32-22-20-28-12-4-6-14-30(28)24-32)35-17-8-7-16-34(35)41(37)31-21-19-27-11-3-5-13-29(27)23-31/h3-34H,1-2H3;3-26H,1-2H3. The molecule has 0 atom stereocenters. The van der Waals surface area contributed by atoms with E-state index in [9.17, 15) is 0 Å². The highest BCUT2D eigenvalue weighted by atomic mass is 14.4. The molecule has 0 heteroatoms. The molecule has 2 aliphatic rings. The summed E-state index contributed by atoms with van der Waals surface area (Å²) in [6.45, 7) is 9.51. The first-order valence-electron chi connectivity index (χ1n) is 34.5. The van der Waals surface area contributed by atoms with Gasteiger partial charge in [0.15, 0.2) is 0 Å². The second-order valence-electron chi connectivity index (χ2n) is 28.2. The van der Waals surface area contributed by atoms with Crippen molar-refractivity contribution in [1.29, 1.82) is 0 Å². The molecule has 2 aliphatic carbocycles. The lowest BCUT2D eigenvalue weighted by Crippen LogP contribution is -2.14. The van der Waals surface area contributed by atoms with Crippen LogP contribution in [0.4, 0.5) is 0 Å². The van der Waals surface area contributed by atoms with Gasteiger partial charge in [-0.25, -0.2) is 0 Å². The SMILES string of the molecule is CC1(C)c2ccccc2-c2cc3c(-c4ccc5ccccc5c4)c4ccccc4c(-c4ccc5ccccc5c4)c3cc21.CC1(C)c2ccccc2-c2ccc(-c3c4ccccc4c(-c4ccc(-c5ccc6ccccc6c5)cc4)c4cc(-c5ccc6ccccc6c5)ccc34)cc21. The molecule has 0 heterocycles. The quantitative estimate of drug-likeness (QED) is 0.146. The van der Waals surface area contributed by atoms with Gasteiger partial charge in [-0.3, -0.25) is 0 Å². The van der Waals surface area contributed by atoms with Gasteiger partial charge in [-0.2, -0.15) is 0 Å². The minimum Gasteiger partial charge on any atom is -0.0619 e. The molecule has 0 radical (unpaired) electrons. The van der Waals surface area contributed by atoms with Gasteiger partial charge in [0.1, 0.15) is 0 Å². The fraction of sp³-hybridized carbons (Fsp3) is 0.0612. The highest BCUT2D eigenvalue weighted by molar-refractivity contribution is 6.24. The summed E-state index contributed by atoms with van der Waals surface area (Å²) in [6, 6.07) is 127. The molecule has 18 aromatic rings. The Kier molecular flexibility index (Phi) is 13.1. The molecule has 0 bridgehead atoms. The first kappa shape index (κ1) is 57.5. The van der Waals surface area contributed by atoms with Crippen molar-refractivity contribution in [1.82, 2.24) is 0 Å². The molecule has 98 heavy (non-hydrogen) atoms. The van der Waals surface area contributed by atoms with Crippen LogP contribution in [0.5, 0.6) is 0 Å². The van der Waals surface area contributed by atoms with E-state index in [-0.39, 0.29) is 10.8 Å². The molecule has 0 unspecified atom stereocenters. The van der Waals surface area contributed by atoms with Crippen molar-refractivity contribution in [2.24, 2.45) is 0 Å². The zero-order valence-corrected chi connectivity index (χ0v) is 55.3. The summed E-state index contributed by atoms with van der Waals surface area (Å²) in [5, 5.41) is 20.4. The number of rotatable bonds is 6. The number of hydrogen-bond donors (Lipinski definition) is 0. The van der Waals surface area contributed by atoms with Gasteiger partial charge in [0.05, 0.1) is 0 Å². The van der Waals surface area contributed by atoms with Gasteiger partial charge in [-0.1, -0.05) is 319 Å². The fourth-order valence-electron chi connectivity index (χ4n) is 17.1. The van der Waals surface area contributed by atoms with E-state index >= 15 is 0 Å². The van der Waals surface area contributed by atoms with Crippen LogP contribution in [0.1, 0.15) is 49.9 Å². The van der Waals surface area contributed by atoms with E-state index in [0.29, 0.717) is 0 Å². The van der Waals surface area contributed by atoms with Gasteiger partial charge >= 0.3 is 0 Å². The average Bonchev–Trinajstić information content (AvgIpc) is 1.73. The van der Waals surface area contributed by atoms with Gasteiger partial charge in [0.2, 0.25) is 0 Å². The summed E-state index contributed by atoms with van der Waals surface area (Å²) in [5.74, 6) is 0. The third-order valence-electron chi connectivity index (χ3n) is 22.0. The second kappa shape index (κ2) is 22.3. The van der Waals surface area contributed by atoms with Gasteiger partial charge in [0, 0.05) is 10.8 Å². The van der Waals surface area contributed by atoms with Crippen molar-refractivity contribution in [3.8, 4) is 89.0 Å². The summed E-state index contributed by atoms with van der Waals surface area (Å²) in [7, 11) is 0. The molecule has 460 valence electrons. The molecule has 20 rings (SSSR count). The molecule has 0 saturated carbocycles. The molecular weight excluding hydrogens is 1180 g/mol. The summed E-state index contributed by atoms with van der Waals surface area (Å²) < 4.78 is 0. The first-order chi connectivity index (χ1) is 48.1. The summed E-state index contributed by atoms with van der Waals surface area (Å²) in [5.41, 5.74) is 26.0. The van der Waals surface area contributed by atoms with Crippen LogP contribution in [-0.2, 0) is 10.8 Å². The average molecular weight is 1250 g/mol. The van der Waals surface area contributed by atoms with E-state index in [1.54, 1.807) is 0 Å². The predicted octanol–water partition coefficient (Wildman–Crippen LogP) is 27.2. The van der Waals surface area contributed by atoms with Crippen LogP contribution >= 0.6 is 0 Å². The van der Waals surface area contributed by atoms with E-state index in [1.807, 2.05) is 0 Å². The Morgan fingerprint density at radius 1 is 0.153 bits per heavy atom. The third-order valence-corrected chi connectivity index (χ3v) is 22.0. The Bertz CT molecular complexity index is 6350. The number of hydrogen-bond acceptors (Lipinski definition) is 0. The van der Waals surface area contributed by atoms with E-state index in [0.717, 1.165) is 0 Å². The van der Waals surface area contributed by atoms with Crippen LogP contribution in [0.3, 0.4) is 0 Å². The Hall–Kier alpha value is -12.0. The van der Waals surface area contributed by atoms with E-state index in [4.69, 9.17) is 0 Å². The molecular formula is C98H68. The molecule has 0 aliphatic heterocycles. The van der Waals surface area contributed by atoms with Crippen molar-refractivity contribution in [3.63, 3.8) is 0 Å². The smallest absolute Gasteiger partial charge is 0.0159 e. The molecule has 0 spiro atoms. The Labute approximate surface area is 572 Å². The maximum absolute atomic E-state index is 2.52. The summed E-state index contributed by atoms with van der Waals surface area (Å²) in [4.78, 5) is 0. The summed E-state index contributed by atoms with van der Waals surface area (Å²) in [6.07, 6.45) is 0. The molecule has 0 fully saturated rings.